The Morgan fingerprint density at radius 2 is 1.97 bits per heavy atom. The van der Waals surface area contributed by atoms with Crippen LogP contribution in [-0.2, 0) is 9.53 Å². The third kappa shape index (κ3) is 8.82. The van der Waals surface area contributed by atoms with Gasteiger partial charge in [0.25, 0.3) is 0 Å². The average molecular weight is 500 g/mol. The Labute approximate surface area is 195 Å². The molecule has 1 aliphatic heterocycles. The van der Waals surface area contributed by atoms with E-state index in [1.807, 2.05) is 0 Å². The molecule has 3 atom stereocenters. The second-order valence-corrected chi connectivity index (χ2v) is 8.86. The fourth-order valence-electron chi connectivity index (χ4n) is 3.14. The third-order valence-electron chi connectivity index (χ3n) is 4.47. The van der Waals surface area contributed by atoms with Crippen molar-refractivity contribution in [1.29, 1.82) is 0 Å². The van der Waals surface area contributed by atoms with Crippen LogP contribution in [0.3, 0.4) is 0 Å². The molecule has 0 aromatic heterocycles. The van der Waals surface area contributed by atoms with Crippen molar-refractivity contribution in [3.63, 3.8) is 0 Å². The van der Waals surface area contributed by atoms with Crippen LogP contribution in [0.2, 0.25) is 0 Å². The van der Waals surface area contributed by atoms with E-state index in [1.54, 1.807) is 20.8 Å². The van der Waals surface area contributed by atoms with Crippen molar-refractivity contribution in [3.05, 3.63) is 11.2 Å². The lowest BCUT2D eigenvalue weighted by molar-refractivity contribution is -0.127. The lowest BCUT2D eigenvalue weighted by Gasteiger charge is -2.34. The SMILES string of the molecule is C=N/C=C(/Cl)CC(NC(=O)[C@@H]1C[C@@H](F)CN1C(=O)OC(C)(C)C)N(C)C(=NCC)C(F)(F)F. The first-order chi connectivity index (χ1) is 15.1. The molecule has 1 unspecified atom stereocenters. The van der Waals surface area contributed by atoms with Gasteiger partial charge < -0.3 is 15.0 Å². The predicted octanol–water partition coefficient (Wildman–Crippen LogP) is 3.86. The Morgan fingerprint density at radius 3 is 2.45 bits per heavy atom. The lowest BCUT2D eigenvalue weighted by atomic mass is 10.1. The van der Waals surface area contributed by atoms with E-state index in [9.17, 15) is 27.2 Å². The van der Waals surface area contributed by atoms with Crippen molar-refractivity contribution in [2.24, 2.45) is 9.98 Å². The van der Waals surface area contributed by atoms with Gasteiger partial charge in [-0.05, 0) is 34.4 Å². The molecular weight excluding hydrogens is 470 g/mol. The summed E-state index contributed by atoms with van der Waals surface area (Å²) in [5.74, 6) is -2.09. The molecule has 2 amide bonds. The van der Waals surface area contributed by atoms with Crippen molar-refractivity contribution >= 4 is 36.2 Å². The Hall–Kier alpha value is -2.37. The number of alkyl halides is 4. The van der Waals surface area contributed by atoms with Crippen LogP contribution in [0.1, 0.15) is 40.5 Å². The van der Waals surface area contributed by atoms with Crippen molar-refractivity contribution in [3.8, 4) is 0 Å². The first kappa shape index (κ1) is 28.7. The van der Waals surface area contributed by atoms with E-state index in [0.717, 1.165) is 23.0 Å². The van der Waals surface area contributed by atoms with Crippen LogP contribution in [0.25, 0.3) is 0 Å². The van der Waals surface area contributed by atoms with Gasteiger partial charge in [-0.25, -0.2) is 9.18 Å². The van der Waals surface area contributed by atoms with Gasteiger partial charge in [0.05, 0.1) is 6.54 Å². The third-order valence-corrected chi connectivity index (χ3v) is 4.72. The maximum Gasteiger partial charge on any atom is 0.449 e. The summed E-state index contributed by atoms with van der Waals surface area (Å²) in [6, 6.07) is -1.27. The zero-order valence-corrected chi connectivity index (χ0v) is 20.0. The number of ether oxygens (including phenoxy) is 1. The summed E-state index contributed by atoms with van der Waals surface area (Å²) >= 11 is 6.02. The van der Waals surface area contributed by atoms with E-state index in [-0.39, 0.29) is 31.0 Å². The van der Waals surface area contributed by atoms with Crippen LogP contribution in [0.5, 0.6) is 0 Å². The molecule has 13 heteroatoms. The van der Waals surface area contributed by atoms with E-state index in [0.29, 0.717) is 0 Å². The normalized spacial score (nSPS) is 21.0. The second kappa shape index (κ2) is 11.7. The fourth-order valence-corrected chi connectivity index (χ4v) is 3.35. The van der Waals surface area contributed by atoms with Crippen LogP contribution in [0.4, 0.5) is 22.4 Å². The number of aliphatic imine (C=N–C) groups is 2. The van der Waals surface area contributed by atoms with E-state index in [1.165, 1.54) is 6.92 Å². The van der Waals surface area contributed by atoms with Gasteiger partial charge in [-0.1, -0.05) is 11.6 Å². The van der Waals surface area contributed by atoms with Crippen LogP contribution in [0.15, 0.2) is 21.2 Å². The molecular formula is C20H30ClF4N5O3. The molecule has 0 spiro atoms. The lowest BCUT2D eigenvalue weighted by Crippen LogP contribution is -2.56. The summed E-state index contributed by atoms with van der Waals surface area (Å²) < 4.78 is 60.0. The first-order valence-corrected chi connectivity index (χ1v) is 10.6. The summed E-state index contributed by atoms with van der Waals surface area (Å²) in [6.45, 7) is 8.97. The van der Waals surface area contributed by atoms with Gasteiger partial charge in [-0.15, -0.1) is 0 Å². The van der Waals surface area contributed by atoms with E-state index in [2.05, 4.69) is 22.0 Å². The number of amides is 2. The smallest absolute Gasteiger partial charge is 0.444 e. The van der Waals surface area contributed by atoms with Gasteiger partial charge in [-0.2, -0.15) is 13.2 Å². The number of nitrogens with one attached hydrogen (secondary N) is 1. The van der Waals surface area contributed by atoms with E-state index in [4.69, 9.17) is 16.3 Å². The molecule has 1 aliphatic rings. The molecule has 0 aromatic carbocycles. The molecule has 0 saturated carbocycles. The quantitative estimate of drug-likeness (QED) is 0.249. The van der Waals surface area contributed by atoms with Crippen LogP contribution in [0, 0.1) is 0 Å². The van der Waals surface area contributed by atoms with E-state index < -0.39 is 48.0 Å². The molecule has 0 aromatic rings. The zero-order valence-electron chi connectivity index (χ0n) is 19.2. The number of carbonyl (C=O) groups is 2. The van der Waals surface area contributed by atoms with Crippen LogP contribution < -0.4 is 5.32 Å². The minimum absolute atomic E-state index is 0.0129. The molecule has 8 nitrogen and oxygen atoms in total. The fraction of sp³-hybridized carbons (Fsp3) is 0.700. The van der Waals surface area contributed by atoms with Crippen molar-refractivity contribution in [1.82, 2.24) is 15.1 Å². The number of hydrogen-bond acceptors (Lipinski definition) is 5. The number of nitrogens with zero attached hydrogens (tertiary/aromatic N) is 4. The molecule has 0 radical (unpaired) electrons. The van der Waals surface area contributed by atoms with Crippen LogP contribution >= 0.6 is 11.6 Å². The largest absolute Gasteiger partial charge is 0.449 e. The highest BCUT2D eigenvalue weighted by Gasteiger charge is 2.44. The number of likely N-dealkylation sites (tertiary alicyclic amines) is 1. The first-order valence-electron chi connectivity index (χ1n) is 10.2. The van der Waals surface area contributed by atoms with Gasteiger partial charge >= 0.3 is 12.3 Å². The molecule has 1 rings (SSSR count). The van der Waals surface area contributed by atoms with Gasteiger partial charge in [0.15, 0.2) is 0 Å². The van der Waals surface area contributed by atoms with Gasteiger partial charge in [0.2, 0.25) is 11.7 Å². The highest BCUT2D eigenvalue weighted by Crippen LogP contribution is 2.26. The highest BCUT2D eigenvalue weighted by molar-refractivity contribution is 6.29. The molecule has 1 N–H and O–H groups in total. The summed E-state index contributed by atoms with van der Waals surface area (Å²) in [6.07, 6.45) is -8.00. The maximum absolute atomic E-state index is 14.1. The Bertz CT molecular complexity index is 783. The number of hydrogen-bond donors (Lipinski definition) is 1. The number of amidine groups is 1. The van der Waals surface area contributed by atoms with Crippen LogP contribution in [-0.4, -0.2) is 84.6 Å². The summed E-state index contributed by atoms with van der Waals surface area (Å²) in [5, 5.41) is 2.44. The van der Waals surface area contributed by atoms with Crippen molar-refractivity contribution < 1.29 is 31.9 Å². The maximum atomic E-state index is 14.1. The summed E-state index contributed by atoms with van der Waals surface area (Å²) in [4.78, 5) is 34.0. The molecule has 33 heavy (non-hydrogen) atoms. The topological polar surface area (TPSA) is 86.6 Å². The monoisotopic (exact) mass is 499 g/mol. The van der Waals surface area contributed by atoms with Gasteiger partial charge in [-0.3, -0.25) is 19.7 Å². The van der Waals surface area contributed by atoms with E-state index >= 15 is 0 Å². The highest BCUT2D eigenvalue weighted by atomic mass is 35.5. The number of carbonyl (C=O) groups excluding carboxylic acids is 2. The molecule has 1 heterocycles. The zero-order chi connectivity index (χ0) is 25.6. The number of halogens is 5. The standard InChI is InChI=1S/C20H30ClF4N5O3/c1-7-27-17(20(23,24)25)29(6)15(8-12(21)10-26-5)28-16(31)14-9-13(22)11-30(14)18(32)33-19(2,3)4/h10,13-15H,5,7-9,11H2,1-4,6H3,(H,28,31)/b12-10+,27-17?/t13-,14+,15?/m1/s1. The molecule has 188 valence electrons. The predicted molar refractivity (Wildman–Crippen MR) is 118 cm³/mol. The molecule has 1 saturated heterocycles. The minimum Gasteiger partial charge on any atom is -0.444 e. The Morgan fingerprint density at radius 1 is 1.36 bits per heavy atom. The Balaban J connectivity index is 3.20. The molecule has 0 aliphatic carbocycles. The molecule has 1 fully saturated rings. The van der Waals surface area contributed by atoms with Gasteiger partial charge in [0.1, 0.15) is 24.0 Å². The number of rotatable bonds is 7. The summed E-state index contributed by atoms with van der Waals surface area (Å²) in [7, 11) is 1.09. The van der Waals surface area contributed by atoms with Crippen molar-refractivity contribution in [2.75, 3.05) is 20.1 Å². The minimum atomic E-state index is -4.81. The molecule has 0 bridgehead atoms. The average Bonchev–Trinajstić information content (AvgIpc) is 3.05. The second-order valence-electron chi connectivity index (χ2n) is 8.38. The van der Waals surface area contributed by atoms with Gasteiger partial charge in [0, 0.05) is 37.7 Å². The van der Waals surface area contributed by atoms with Crippen molar-refractivity contribution in [2.45, 2.75) is 70.7 Å². The Kier molecular flexibility index (Phi) is 10.1. The summed E-state index contributed by atoms with van der Waals surface area (Å²) in [5.41, 5.74) is -0.885.